The number of hydrogen-bond acceptors (Lipinski definition) is 3. The van der Waals surface area contributed by atoms with Gasteiger partial charge < -0.3 is 15.4 Å². The van der Waals surface area contributed by atoms with E-state index in [1.54, 1.807) is 7.11 Å². The zero-order chi connectivity index (χ0) is 13.7. The number of anilines is 1. The minimum absolute atomic E-state index is 0.0175. The van der Waals surface area contributed by atoms with Gasteiger partial charge in [-0.05, 0) is 29.8 Å². The van der Waals surface area contributed by atoms with Crippen LogP contribution in [0.4, 0.5) is 5.69 Å². The molecule has 0 bridgehead atoms. The summed E-state index contributed by atoms with van der Waals surface area (Å²) in [6.07, 6.45) is 0. The summed E-state index contributed by atoms with van der Waals surface area (Å²) in [5.74, 6) is 0.854. The monoisotopic (exact) mass is 256 g/mol. The largest absolute Gasteiger partial charge is 0.497 e. The third-order valence-electron chi connectivity index (χ3n) is 3.21. The van der Waals surface area contributed by atoms with Crippen LogP contribution in [0.2, 0.25) is 0 Å². The smallest absolute Gasteiger partial charge is 0.118 e. The summed E-state index contributed by atoms with van der Waals surface area (Å²) in [5, 5.41) is 0. The van der Waals surface area contributed by atoms with E-state index < -0.39 is 0 Å². The summed E-state index contributed by atoms with van der Waals surface area (Å²) in [4.78, 5) is 2.16. The molecule has 2 N–H and O–H groups in total. The Morgan fingerprint density at radius 1 is 1.05 bits per heavy atom. The molecule has 0 amide bonds. The first-order chi connectivity index (χ1) is 9.20. The highest BCUT2D eigenvalue weighted by molar-refractivity contribution is 5.45. The van der Waals surface area contributed by atoms with Gasteiger partial charge in [0.25, 0.3) is 0 Å². The van der Waals surface area contributed by atoms with E-state index in [1.165, 1.54) is 5.69 Å². The van der Waals surface area contributed by atoms with Crippen molar-refractivity contribution >= 4 is 5.69 Å². The molecule has 0 saturated heterocycles. The number of methoxy groups -OCH3 is 1. The first kappa shape index (κ1) is 13.4. The van der Waals surface area contributed by atoms with Crippen LogP contribution in [0.3, 0.4) is 0 Å². The van der Waals surface area contributed by atoms with Gasteiger partial charge in [0.05, 0.1) is 7.11 Å². The molecule has 0 aliphatic carbocycles. The van der Waals surface area contributed by atoms with E-state index in [4.69, 9.17) is 10.5 Å². The number of nitrogens with two attached hydrogens (primary N) is 1. The second-order valence-electron chi connectivity index (χ2n) is 4.60. The molecule has 0 aliphatic heterocycles. The van der Waals surface area contributed by atoms with Crippen molar-refractivity contribution in [3.8, 4) is 5.75 Å². The minimum Gasteiger partial charge on any atom is -0.497 e. The third-order valence-corrected chi connectivity index (χ3v) is 3.21. The molecular formula is C16H20N2O. The van der Waals surface area contributed by atoms with Crippen molar-refractivity contribution in [3.63, 3.8) is 0 Å². The van der Waals surface area contributed by atoms with Gasteiger partial charge in [-0.1, -0.05) is 30.3 Å². The number of para-hydroxylation sites is 1. The molecule has 0 fully saturated rings. The molecule has 0 saturated carbocycles. The maximum atomic E-state index is 6.24. The summed E-state index contributed by atoms with van der Waals surface area (Å²) in [6, 6.07) is 18.1. The lowest BCUT2D eigenvalue weighted by Gasteiger charge is -2.23. The molecule has 100 valence electrons. The van der Waals surface area contributed by atoms with Crippen molar-refractivity contribution in [2.75, 3.05) is 25.6 Å². The molecule has 3 nitrogen and oxygen atoms in total. The van der Waals surface area contributed by atoms with Crippen LogP contribution < -0.4 is 15.4 Å². The van der Waals surface area contributed by atoms with Gasteiger partial charge in [-0.15, -0.1) is 0 Å². The molecule has 0 aliphatic rings. The van der Waals surface area contributed by atoms with Crippen molar-refractivity contribution < 1.29 is 4.74 Å². The Morgan fingerprint density at radius 3 is 2.26 bits per heavy atom. The van der Waals surface area contributed by atoms with Crippen LogP contribution in [0.1, 0.15) is 11.6 Å². The first-order valence-electron chi connectivity index (χ1n) is 6.36. The summed E-state index contributed by atoms with van der Waals surface area (Å²) in [5.41, 5.74) is 8.53. The van der Waals surface area contributed by atoms with Crippen LogP contribution in [0.25, 0.3) is 0 Å². The van der Waals surface area contributed by atoms with Crippen molar-refractivity contribution in [1.82, 2.24) is 0 Å². The Labute approximate surface area is 114 Å². The number of hydrogen-bond donors (Lipinski definition) is 1. The number of nitrogens with zero attached hydrogens (tertiary/aromatic N) is 1. The van der Waals surface area contributed by atoms with Crippen LogP contribution in [0, 0.1) is 0 Å². The van der Waals surface area contributed by atoms with E-state index in [0.717, 1.165) is 17.9 Å². The SMILES string of the molecule is COc1ccc(C(N)CN(C)c2ccccc2)cc1. The third kappa shape index (κ3) is 3.48. The zero-order valence-corrected chi connectivity index (χ0v) is 11.4. The lowest BCUT2D eigenvalue weighted by molar-refractivity contribution is 0.414. The number of rotatable bonds is 5. The second kappa shape index (κ2) is 6.25. The molecule has 1 unspecified atom stereocenters. The van der Waals surface area contributed by atoms with Crippen LogP contribution in [-0.2, 0) is 0 Å². The summed E-state index contributed by atoms with van der Waals surface area (Å²) in [7, 11) is 3.72. The number of benzene rings is 2. The Balaban J connectivity index is 2.02. The molecule has 2 rings (SSSR count). The van der Waals surface area contributed by atoms with E-state index in [2.05, 4.69) is 24.1 Å². The minimum atomic E-state index is -0.0175. The number of ether oxygens (including phenoxy) is 1. The lowest BCUT2D eigenvalue weighted by Crippen LogP contribution is -2.28. The molecule has 3 heteroatoms. The molecule has 0 spiro atoms. The maximum absolute atomic E-state index is 6.24. The first-order valence-corrected chi connectivity index (χ1v) is 6.36. The molecular weight excluding hydrogens is 236 g/mol. The van der Waals surface area contributed by atoms with Gasteiger partial charge in [0.2, 0.25) is 0 Å². The summed E-state index contributed by atoms with van der Waals surface area (Å²) >= 11 is 0. The standard InChI is InChI=1S/C16H20N2O/c1-18(14-6-4-3-5-7-14)12-16(17)13-8-10-15(19-2)11-9-13/h3-11,16H,12,17H2,1-2H3. The van der Waals surface area contributed by atoms with Gasteiger partial charge in [-0.25, -0.2) is 0 Å². The van der Waals surface area contributed by atoms with Gasteiger partial charge in [-0.2, -0.15) is 0 Å². The van der Waals surface area contributed by atoms with Crippen LogP contribution in [-0.4, -0.2) is 20.7 Å². The lowest BCUT2D eigenvalue weighted by atomic mass is 10.1. The van der Waals surface area contributed by atoms with E-state index in [-0.39, 0.29) is 6.04 Å². The zero-order valence-electron chi connectivity index (χ0n) is 11.4. The van der Waals surface area contributed by atoms with Gasteiger partial charge in [-0.3, -0.25) is 0 Å². The van der Waals surface area contributed by atoms with E-state index in [1.807, 2.05) is 42.5 Å². The average molecular weight is 256 g/mol. The Hall–Kier alpha value is -2.00. The van der Waals surface area contributed by atoms with Gasteiger partial charge in [0, 0.05) is 25.3 Å². The maximum Gasteiger partial charge on any atom is 0.118 e. The fourth-order valence-corrected chi connectivity index (χ4v) is 2.04. The summed E-state index contributed by atoms with van der Waals surface area (Å²) in [6.45, 7) is 0.774. The van der Waals surface area contributed by atoms with Gasteiger partial charge >= 0.3 is 0 Å². The van der Waals surface area contributed by atoms with Crippen LogP contribution in [0.5, 0.6) is 5.75 Å². The fraction of sp³-hybridized carbons (Fsp3) is 0.250. The molecule has 0 radical (unpaired) electrons. The highest BCUT2D eigenvalue weighted by Gasteiger charge is 2.09. The second-order valence-corrected chi connectivity index (χ2v) is 4.60. The average Bonchev–Trinajstić information content (AvgIpc) is 2.48. The molecule has 19 heavy (non-hydrogen) atoms. The molecule has 0 heterocycles. The van der Waals surface area contributed by atoms with Crippen molar-refractivity contribution in [1.29, 1.82) is 0 Å². The molecule has 0 aromatic heterocycles. The Kier molecular flexibility index (Phi) is 4.42. The quantitative estimate of drug-likeness (QED) is 0.894. The highest BCUT2D eigenvalue weighted by Crippen LogP contribution is 2.19. The van der Waals surface area contributed by atoms with Gasteiger partial charge in [0.15, 0.2) is 0 Å². The van der Waals surface area contributed by atoms with Crippen LogP contribution >= 0.6 is 0 Å². The van der Waals surface area contributed by atoms with Gasteiger partial charge in [0.1, 0.15) is 5.75 Å². The Bertz CT molecular complexity index is 496. The predicted molar refractivity (Wildman–Crippen MR) is 79.6 cm³/mol. The summed E-state index contributed by atoms with van der Waals surface area (Å²) < 4.78 is 5.15. The topological polar surface area (TPSA) is 38.5 Å². The van der Waals surface area contributed by atoms with Crippen molar-refractivity contribution in [2.24, 2.45) is 5.73 Å². The van der Waals surface area contributed by atoms with E-state index >= 15 is 0 Å². The fourth-order valence-electron chi connectivity index (χ4n) is 2.04. The predicted octanol–water partition coefficient (Wildman–Crippen LogP) is 2.83. The van der Waals surface area contributed by atoms with E-state index in [0.29, 0.717) is 0 Å². The molecule has 2 aromatic rings. The van der Waals surface area contributed by atoms with Crippen LogP contribution in [0.15, 0.2) is 54.6 Å². The normalized spacial score (nSPS) is 11.9. The number of likely N-dealkylation sites (N-methyl/N-ethyl adjacent to an activating group) is 1. The van der Waals surface area contributed by atoms with Crippen molar-refractivity contribution in [2.45, 2.75) is 6.04 Å². The van der Waals surface area contributed by atoms with Crippen molar-refractivity contribution in [3.05, 3.63) is 60.2 Å². The Morgan fingerprint density at radius 2 is 1.68 bits per heavy atom. The van der Waals surface area contributed by atoms with E-state index in [9.17, 15) is 0 Å². The highest BCUT2D eigenvalue weighted by atomic mass is 16.5. The molecule has 1 atom stereocenters. The molecule has 2 aromatic carbocycles.